The molecule has 1 amide bonds. The molecule has 86 valence electrons. The van der Waals surface area contributed by atoms with E-state index in [1.165, 1.54) is 0 Å². The molecule has 15 heavy (non-hydrogen) atoms. The summed E-state index contributed by atoms with van der Waals surface area (Å²) in [6.07, 6.45) is -0.830. The first-order chi connectivity index (χ1) is 6.71. The molecular weight excluding hydrogens is 206 g/mol. The fourth-order valence-electron chi connectivity index (χ4n) is 1.02. The minimum absolute atomic E-state index is 0.149. The molecule has 0 aromatic rings. The Bertz CT molecular complexity index is 287. The number of carboxylic acid groups (broad SMARTS) is 2. The lowest BCUT2D eigenvalue weighted by Gasteiger charge is -2.24. The highest BCUT2D eigenvalue weighted by Crippen LogP contribution is 2.25. The van der Waals surface area contributed by atoms with E-state index in [9.17, 15) is 14.4 Å². The summed E-state index contributed by atoms with van der Waals surface area (Å²) in [5.74, 6) is -3.71. The van der Waals surface area contributed by atoms with Crippen LogP contribution in [0.2, 0.25) is 0 Å². The first-order valence-electron chi connectivity index (χ1n) is 4.14. The van der Waals surface area contributed by atoms with Gasteiger partial charge in [0.15, 0.2) is 0 Å². The highest BCUT2D eigenvalue weighted by atomic mass is 16.5. The van der Waals surface area contributed by atoms with E-state index in [0.717, 1.165) is 14.0 Å². The van der Waals surface area contributed by atoms with Crippen LogP contribution in [0.5, 0.6) is 0 Å². The van der Waals surface area contributed by atoms with Crippen molar-refractivity contribution in [1.82, 2.24) is 5.06 Å². The van der Waals surface area contributed by atoms with Gasteiger partial charge in [0.1, 0.15) is 5.41 Å². The largest absolute Gasteiger partial charge is 0.481 e. The number of hydrogen-bond donors (Lipinski definition) is 3. The molecule has 0 aliphatic carbocycles. The van der Waals surface area contributed by atoms with Crippen molar-refractivity contribution in [2.75, 3.05) is 7.05 Å². The molecule has 0 aromatic heterocycles. The first kappa shape index (κ1) is 13.4. The maximum absolute atomic E-state index is 11.3. The van der Waals surface area contributed by atoms with Gasteiger partial charge in [0.05, 0.1) is 0 Å². The van der Waals surface area contributed by atoms with Crippen LogP contribution >= 0.6 is 0 Å². The van der Waals surface area contributed by atoms with Gasteiger partial charge in [0, 0.05) is 13.5 Å². The van der Waals surface area contributed by atoms with Crippen LogP contribution in [0.3, 0.4) is 0 Å². The number of hydroxylamine groups is 2. The lowest BCUT2D eigenvalue weighted by molar-refractivity contribution is -0.179. The zero-order valence-corrected chi connectivity index (χ0v) is 8.43. The molecule has 3 N–H and O–H groups in total. The predicted octanol–water partition coefficient (Wildman–Crippen LogP) is -0.210. The number of nitrogens with zero attached hydrogens (tertiary/aromatic N) is 1. The van der Waals surface area contributed by atoms with Crippen molar-refractivity contribution in [2.45, 2.75) is 19.8 Å². The van der Waals surface area contributed by atoms with Crippen LogP contribution in [0.25, 0.3) is 0 Å². The van der Waals surface area contributed by atoms with Crippen molar-refractivity contribution < 1.29 is 29.8 Å². The summed E-state index contributed by atoms with van der Waals surface area (Å²) in [5, 5.41) is 26.2. The van der Waals surface area contributed by atoms with Crippen molar-refractivity contribution in [3.63, 3.8) is 0 Å². The third kappa shape index (κ3) is 3.21. The van der Waals surface area contributed by atoms with Crippen molar-refractivity contribution in [2.24, 2.45) is 5.41 Å². The Morgan fingerprint density at radius 1 is 1.27 bits per heavy atom. The fraction of sp³-hybridized carbons (Fsp3) is 0.625. The summed E-state index contributed by atoms with van der Waals surface area (Å²) in [7, 11) is 0.990. The molecule has 0 aromatic carbocycles. The summed E-state index contributed by atoms with van der Waals surface area (Å²) in [6.45, 7) is 1.08. The van der Waals surface area contributed by atoms with Crippen LogP contribution in [0.15, 0.2) is 0 Å². The van der Waals surface area contributed by atoms with Crippen LogP contribution in [0.4, 0.5) is 0 Å². The molecule has 0 fully saturated rings. The number of carboxylic acids is 2. The molecule has 0 aliphatic heterocycles. The van der Waals surface area contributed by atoms with Crippen LogP contribution in [-0.4, -0.2) is 45.4 Å². The van der Waals surface area contributed by atoms with Gasteiger partial charge >= 0.3 is 11.9 Å². The SMILES string of the molecule is CN(O)C(=O)C(C)(CCC(=O)O)C(=O)O. The smallest absolute Gasteiger partial charge is 0.319 e. The third-order valence-corrected chi connectivity index (χ3v) is 2.08. The number of carbonyl (C=O) groups is 3. The van der Waals surface area contributed by atoms with Gasteiger partial charge in [-0.1, -0.05) is 0 Å². The van der Waals surface area contributed by atoms with Gasteiger partial charge < -0.3 is 10.2 Å². The average Bonchev–Trinajstić information content (AvgIpc) is 2.12. The van der Waals surface area contributed by atoms with E-state index in [0.29, 0.717) is 0 Å². The van der Waals surface area contributed by atoms with Gasteiger partial charge in [-0.15, -0.1) is 0 Å². The van der Waals surface area contributed by atoms with Crippen molar-refractivity contribution in [1.29, 1.82) is 0 Å². The topological polar surface area (TPSA) is 115 Å². The minimum atomic E-state index is -1.91. The Morgan fingerprint density at radius 2 is 1.73 bits per heavy atom. The average molecular weight is 219 g/mol. The highest BCUT2D eigenvalue weighted by molar-refractivity contribution is 6.01. The zero-order valence-electron chi connectivity index (χ0n) is 8.43. The molecule has 0 heterocycles. The fourth-order valence-corrected chi connectivity index (χ4v) is 1.02. The quantitative estimate of drug-likeness (QED) is 0.335. The van der Waals surface area contributed by atoms with Gasteiger partial charge in [-0.25, -0.2) is 5.06 Å². The second-order valence-corrected chi connectivity index (χ2v) is 3.36. The molecule has 1 atom stereocenters. The van der Waals surface area contributed by atoms with E-state index in [2.05, 4.69) is 0 Å². The number of aliphatic carboxylic acids is 2. The summed E-state index contributed by atoms with van der Waals surface area (Å²) < 4.78 is 0. The zero-order chi connectivity index (χ0) is 12.2. The second-order valence-electron chi connectivity index (χ2n) is 3.36. The van der Waals surface area contributed by atoms with E-state index in [4.69, 9.17) is 15.4 Å². The van der Waals surface area contributed by atoms with E-state index in [1.807, 2.05) is 0 Å². The highest BCUT2D eigenvalue weighted by Gasteiger charge is 2.43. The molecule has 0 bridgehead atoms. The molecule has 1 unspecified atom stereocenters. The van der Waals surface area contributed by atoms with Crippen molar-refractivity contribution >= 4 is 17.8 Å². The molecule has 7 heteroatoms. The molecule has 0 aliphatic rings. The summed E-state index contributed by atoms with van der Waals surface area (Å²) in [4.78, 5) is 32.4. The molecular formula is C8H13NO6. The van der Waals surface area contributed by atoms with Crippen LogP contribution in [0.1, 0.15) is 19.8 Å². The van der Waals surface area contributed by atoms with Gasteiger partial charge in [0.2, 0.25) is 0 Å². The van der Waals surface area contributed by atoms with Crippen LogP contribution < -0.4 is 0 Å². The lowest BCUT2D eigenvalue weighted by atomic mass is 9.84. The molecule has 0 saturated carbocycles. The number of hydrogen-bond acceptors (Lipinski definition) is 4. The Morgan fingerprint density at radius 3 is 2.00 bits per heavy atom. The number of amides is 1. The monoisotopic (exact) mass is 219 g/mol. The van der Waals surface area contributed by atoms with E-state index < -0.39 is 29.7 Å². The Balaban J connectivity index is 4.82. The Labute approximate surface area is 85.9 Å². The Kier molecular flexibility index (Phi) is 4.22. The van der Waals surface area contributed by atoms with Crippen molar-refractivity contribution in [3.8, 4) is 0 Å². The minimum Gasteiger partial charge on any atom is -0.481 e. The van der Waals surface area contributed by atoms with Crippen molar-refractivity contribution in [3.05, 3.63) is 0 Å². The molecule has 0 radical (unpaired) electrons. The normalized spacial score (nSPS) is 14.1. The third-order valence-electron chi connectivity index (χ3n) is 2.08. The predicted molar refractivity (Wildman–Crippen MR) is 47.2 cm³/mol. The molecule has 7 nitrogen and oxygen atoms in total. The standard InChI is InChI=1S/C8H13NO6/c1-8(7(13)14,4-3-5(10)11)6(12)9(2)15/h15H,3-4H2,1-2H3,(H,10,11)(H,13,14). The molecule has 0 spiro atoms. The Hall–Kier alpha value is -1.63. The first-order valence-corrected chi connectivity index (χ1v) is 4.14. The molecule has 0 rings (SSSR count). The van der Waals surface area contributed by atoms with Gasteiger partial charge in [0.25, 0.3) is 5.91 Å². The lowest BCUT2D eigenvalue weighted by Crippen LogP contribution is -2.44. The summed E-state index contributed by atoms with van der Waals surface area (Å²) in [5.41, 5.74) is -1.91. The van der Waals surface area contributed by atoms with Gasteiger partial charge in [-0.2, -0.15) is 0 Å². The van der Waals surface area contributed by atoms with Crippen LogP contribution in [0, 0.1) is 5.41 Å². The number of rotatable bonds is 5. The van der Waals surface area contributed by atoms with E-state index in [1.54, 1.807) is 0 Å². The summed E-state index contributed by atoms with van der Waals surface area (Å²) >= 11 is 0. The van der Waals surface area contributed by atoms with E-state index >= 15 is 0 Å². The molecule has 0 saturated heterocycles. The maximum Gasteiger partial charge on any atom is 0.319 e. The second kappa shape index (κ2) is 4.74. The van der Waals surface area contributed by atoms with Gasteiger partial charge in [-0.05, 0) is 13.3 Å². The summed E-state index contributed by atoms with van der Waals surface area (Å²) in [6, 6.07) is 0. The number of carbonyl (C=O) groups excluding carboxylic acids is 1. The van der Waals surface area contributed by atoms with Gasteiger partial charge in [-0.3, -0.25) is 19.6 Å². The van der Waals surface area contributed by atoms with Crippen LogP contribution in [-0.2, 0) is 14.4 Å². The maximum atomic E-state index is 11.3. The van der Waals surface area contributed by atoms with E-state index in [-0.39, 0.29) is 11.5 Å².